The van der Waals surface area contributed by atoms with Gasteiger partial charge in [-0.05, 0) is 25.5 Å². The number of alkyl halides is 3. The van der Waals surface area contributed by atoms with Gasteiger partial charge in [-0.25, -0.2) is 4.98 Å². The lowest BCUT2D eigenvalue weighted by Crippen LogP contribution is -2.40. The van der Waals surface area contributed by atoms with Crippen molar-refractivity contribution in [2.24, 2.45) is 4.99 Å². The van der Waals surface area contributed by atoms with Gasteiger partial charge in [0, 0.05) is 38.9 Å². The van der Waals surface area contributed by atoms with Crippen molar-refractivity contribution in [1.82, 2.24) is 20.5 Å². The summed E-state index contributed by atoms with van der Waals surface area (Å²) < 4.78 is 49.3. The van der Waals surface area contributed by atoms with Crippen LogP contribution in [-0.2, 0) is 10.9 Å². The molecule has 0 radical (unpaired) electrons. The average molecular weight is 403 g/mol. The summed E-state index contributed by atoms with van der Waals surface area (Å²) >= 11 is 0. The molecule has 1 aliphatic heterocycles. The van der Waals surface area contributed by atoms with Crippen molar-refractivity contribution >= 4 is 5.96 Å². The van der Waals surface area contributed by atoms with E-state index in [4.69, 9.17) is 9.47 Å². The van der Waals surface area contributed by atoms with Gasteiger partial charge in [0.05, 0.1) is 19.8 Å². The second-order valence-corrected chi connectivity index (χ2v) is 6.20. The number of aliphatic imine (C=N–C) groups is 1. The van der Waals surface area contributed by atoms with E-state index in [0.717, 1.165) is 45.3 Å². The van der Waals surface area contributed by atoms with Crippen molar-refractivity contribution in [2.45, 2.75) is 19.5 Å². The zero-order chi connectivity index (χ0) is 20.2. The summed E-state index contributed by atoms with van der Waals surface area (Å²) in [6, 6.07) is 2.19. The Labute approximate surface area is 163 Å². The molecule has 0 aromatic carbocycles. The van der Waals surface area contributed by atoms with E-state index in [1.165, 1.54) is 12.3 Å². The minimum atomic E-state index is -4.49. The molecule has 0 unspecified atom stereocenters. The van der Waals surface area contributed by atoms with E-state index in [1.54, 1.807) is 0 Å². The van der Waals surface area contributed by atoms with Crippen LogP contribution in [0.1, 0.15) is 18.9 Å². The van der Waals surface area contributed by atoms with Gasteiger partial charge in [0.2, 0.25) is 5.88 Å². The second kappa shape index (κ2) is 11.7. The first kappa shape index (κ1) is 22.2. The molecule has 158 valence electrons. The summed E-state index contributed by atoms with van der Waals surface area (Å²) in [6.45, 7) is 8.07. The first-order chi connectivity index (χ1) is 13.5. The zero-order valence-electron chi connectivity index (χ0n) is 16.1. The Morgan fingerprint density at radius 1 is 1.32 bits per heavy atom. The lowest BCUT2D eigenvalue weighted by atomic mass is 10.2. The smallest absolute Gasteiger partial charge is 0.421 e. The SMILES string of the molecule is CCNC(=NCCCN1CCOCC1)NCCOc1ncccc1C(F)(F)F. The molecule has 0 spiro atoms. The van der Waals surface area contributed by atoms with Gasteiger partial charge >= 0.3 is 6.18 Å². The van der Waals surface area contributed by atoms with Crippen LogP contribution in [0, 0.1) is 0 Å². The molecular formula is C18H28F3N5O2. The number of nitrogens with zero attached hydrogens (tertiary/aromatic N) is 3. The number of aromatic nitrogens is 1. The molecule has 2 heterocycles. The largest absolute Gasteiger partial charge is 0.475 e. The quantitative estimate of drug-likeness (QED) is 0.372. The first-order valence-electron chi connectivity index (χ1n) is 9.48. The number of hydrogen-bond acceptors (Lipinski definition) is 5. The molecule has 0 saturated carbocycles. The Morgan fingerprint density at radius 2 is 2.11 bits per heavy atom. The molecule has 1 saturated heterocycles. The number of ether oxygens (including phenoxy) is 2. The van der Waals surface area contributed by atoms with E-state index < -0.39 is 17.6 Å². The fourth-order valence-corrected chi connectivity index (χ4v) is 2.69. The number of halogens is 3. The van der Waals surface area contributed by atoms with Crippen LogP contribution in [0.15, 0.2) is 23.3 Å². The van der Waals surface area contributed by atoms with Gasteiger partial charge in [0.15, 0.2) is 5.96 Å². The maximum absolute atomic E-state index is 12.9. The van der Waals surface area contributed by atoms with Gasteiger partial charge in [0.25, 0.3) is 0 Å². The maximum atomic E-state index is 12.9. The van der Waals surface area contributed by atoms with Crippen LogP contribution < -0.4 is 15.4 Å². The molecule has 2 rings (SSSR count). The molecule has 0 amide bonds. The Balaban J connectivity index is 1.72. The number of morpholine rings is 1. The van der Waals surface area contributed by atoms with E-state index in [-0.39, 0.29) is 6.61 Å². The highest BCUT2D eigenvalue weighted by atomic mass is 19.4. The third-order valence-electron chi connectivity index (χ3n) is 4.06. The van der Waals surface area contributed by atoms with Crippen molar-refractivity contribution in [2.75, 3.05) is 59.1 Å². The molecule has 1 aromatic rings. The molecule has 1 aromatic heterocycles. The van der Waals surface area contributed by atoms with E-state index in [1.807, 2.05) is 6.92 Å². The van der Waals surface area contributed by atoms with Gasteiger partial charge in [-0.2, -0.15) is 13.2 Å². The number of rotatable bonds is 9. The topological polar surface area (TPSA) is 71.0 Å². The minimum absolute atomic E-state index is 0.0400. The van der Waals surface area contributed by atoms with Gasteiger partial charge in [-0.3, -0.25) is 9.89 Å². The van der Waals surface area contributed by atoms with E-state index in [9.17, 15) is 13.2 Å². The van der Waals surface area contributed by atoms with Crippen LogP contribution in [-0.4, -0.2) is 74.9 Å². The molecular weight excluding hydrogens is 375 g/mol. The third kappa shape index (κ3) is 7.89. The van der Waals surface area contributed by atoms with Crippen LogP contribution in [0.5, 0.6) is 5.88 Å². The monoisotopic (exact) mass is 403 g/mol. The first-order valence-corrected chi connectivity index (χ1v) is 9.48. The Kier molecular flexibility index (Phi) is 9.29. The van der Waals surface area contributed by atoms with Crippen LogP contribution in [0.2, 0.25) is 0 Å². The standard InChI is InChI=1S/C18H28F3N5O2/c1-2-22-17(24-7-4-9-26-10-13-27-14-11-26)25-8-12-28-16-15(18(19,20)21)5-3-6-23-16/h3,5-6H,2,4,7-14H2,1H3,(H2,22,24,25). The normalized spacial score (nSPS) is 16.1. The fourth-order valence-electron chi connectivity index (χ4n) is 2.69. The predicted molar refractivity (Wildman–Crippen MR) is 101 cm³/mol. The van der Waals surface area contributed by atoms with Gasteiger partial charge in [0.1, 0.15) is 12.2 Å². The molecule has 2 N–H and O–H groups in total. The van der Waals surface area contributed by atoms with E-state index in [0.29, 0.717) is 25.6 Å². The Morgan fingerprint density at radius 3 is 2.82 bits per heavy atom. The van der Waals surface area contributed by atoms with Gasteiger partial charge in [-0.15, -0.1) is 0 Å². The molecule has 7 nitrogen and oxygen atoms in total. The number of nitrogens with one attached hydrogen (secondary N) is 2. The molecule has 1 fully saturated rings. The predicted octanol–water partition coefficient (Wildman–Crippen LogP) is 1.76. The highest BCUT2D eigenvalue weighted by Crippen LogP contribution is 2.34. The van der Waals surface area contributed by atoms with Crippen molar-refractivity contribution in [3.05, 3.63) is 23.9 Å². The summed E-state index contributed by atoms with van der Waals surface area (Å²) in [4.78, 5) is 10.5. The molecule has 10 heteroatoms. The van der Waals surface area contributed by atoms with Crippen molar-refractivity contribution in [3.8, 4) is 5.88 Å². The fraction of sp³-hybridized carbons (Fsp3) is 0.667. The van der Waals surface area contributed by atoms with Crippen molar-refractivity contribution in [1.29, 1.82) is 0 Å². The Hall–Kier alpha value is -2.07. The summed E-state index contributed by atoms with van der Waals surface area (Å²) in [7, 11) is 0. The summed E-state index contributed by atoms with van der Waals surface area (Å²) in [6.07, 6.45) is -2.29. The summed E-state index contributed by atoms with van der Waals surface area (Å²) in [5.41, 5.74) is -0.876. The van der Waals surface area contributed by atoms with Crippen LogP contribution in [0.4, 0.5) is 13.2 Å². The highest BCUT2D eigenvalue weighted by molar-refractivity contribution is 5.79. The van der Waals surface area contributed by atoms with Crippen LogP contribution in [0.25, 0.3) is 0 Å². The highest BCUT2D eigenvalue weighted by Gasteiger charge is 2.34. The summed E-state index contributed by atoms with van der Waals surface area (Å²) in [5.74, 6) is 0.203. The third-order valence-corrected chi connectivity index (χ3v) is 4.06. The van der Waals surface area contributed by atoms with Gasteiger partial charge in [-0.1, -0.05) is 0 Å². The van der Waals surface area contributed by atoms with Crippen molar-refractivity contribution < 1.29 is 22.6 Å². The average Bonchev–Trinajstić information content (AvgIpc) is 2.68. The molecule has 0 bridgehead atoms. The number of guanidine groups is 1. The van der Waals surface area contributed by atoms with E-state index >= 15 is 0 Å². The number of pyridine rings is 1. The molecule has 0 aliphatic carbocycles. The zero-order valence-corrected chi connectivity index (χ0v) is 16.1. The van der Waals surface area contributed by atoms with E-state index in [2.05, 4.69) is 25.5 Å². The van der Waals surface area contributed by atoms with Crippen LogP contribution in [0.3, 0.4) is 0 Å². The molecule has 0 atom stereocenters. The Bertz CT molecular complexity index is 607. The van der Waals surface area contributed by atoms with Gasteiger partial charge < -0.3 is 20.1 Å². The maximum Gasteiger partial charge on any atom is 0.421 e. The molecule has 28 heavy (non-hydrogen) atoms. The minimum Gasteiger partial charge on any atom is -0.475 e. The number of hydrogen-bond donors (Lipinski definition) is 2. The lowest BCUT2D eigenvalue weighted by Gasteiger charge is -2.26. The second-order valence-electron chi connectivity index (χ2n) is 6.20. The van der Waals surface area contributed by atoms with Crippen LogP contribution >= 0.6 is 0 Å². The lowest BCUT2D eigenvalue weighted by molar-refractivity contribution is -0.139. The van der Waals surface area contributed by atoms with Crippen molar-refractivity contribution in [3.63, 3.8) is 0 Å². The summed E-state index contributed by atoms with van der Waals surface area (Å²) in [5, 5.41) is 6.17. The molecule has 1 aliphatic rings.